The molecule has 0 aromatic heterocycles. The molecule has 0 saturated carbocycles. The topological polar surface area (TPSA) is 30.5 Å². The van der Waals surface area contributed by atoms with Gasteiger partial charge in [0, 0.05) is 20.3 Å². The smallest absolute Gasteiger partial charge is 0.172 e. The molecule has 0 aliphatic rings. The molecule has 0 fully saturated rings. The fourth-order valence-corrected chi connectivity index (χ4v) is 2.00. The average Bonchev–Trinajstić information content (AvgIpc) is 2.35. The predicted molar refractivity (Wildman–Crippen MR) is 69.9 cm³/mol. The zero-order valence-electron chi connectivity index (χ0n) is 11.6. The molecule has 0 bridgehead atoms. The van der Waals surface area contributed by atoms with E-state index in [0.29, 0.717) is 12.0 Å². The maximum absolute atomic E-state index is 13.2. The largest absolute Gasteiger partial charge is 0.354 e. The van der Waals surface area contributed by atoms with Gasteiger partial charge in [0.15, 0.2) is 6.29 Å². The number of benzene rings is 1. The summed E-state index contributed by atoms with van der Waals surface area (Å²) in [6.45, 7) is 2.83. The van der Waals surface area contributed by atoms with Crippen LogP contribution in [-0.4, -0.2) is 33.1 Å². The number of hydrogen-bond acceptors (Lipinski definition) is 3. The van der Waals surface area contributed by atoms with Gasteiger partial charge in [-0.2, -0.15) is 0 Å². The van der Waals surface area contributed by atoms with Crippen LogP contribution in [0.1, 0.15) is 18.9 Å². The fraction of sp³-hybridized carbons (Fsp3) is 0.571. The van der Waals surface area contributed by atoms with Crippen LogP contribution in [0.25, 0.3) is 0 Å². The number of ether oxygens (including phenoxy) is 2. The minimum Gasteiger partial charge on any atom is -0.354 e. The second-order valence-corrected chi connectivity index (χ2v) is 4.38. The molecule has 0 aliphatic carbocycles. The lowest BCUT2D eigenvalue weighted by atomic mass is 10.0. The van der Waals surface area contributed by atoms with Crippen LogP contribution >= 0.6 is 0 Å². The van der Waals surface area contributed by atoms with Crippen LogP contribution in [0.15, 0.2) is 18.2 Å². The van der Waals surface area contributed by atoms with E-state index in [1.807, 2.05) is 6.92 Å². The first-order valence-electron chi connectivity index (χ1n) is 6.34. The van der Waals surface area contributed by atoms with Crippen LogP contribution in [0.3, 0.4) is 0 Å². The molecule has 0 spiro atoms. The van der Waals surface area contributed by atoms with Crippen molar-refractivity contribution in [3.05, 3.63) is 35.4 Å². The first-order chi connectivity index (χ1) is 9.10. The van der Waals surface area contributed by atoms with Crippen LogP contribution in [-0.2, 0) is 15.9 Å². The molecule has 0 amide bonds. The molecule has 19 heavy (non-hydrogen) atoms. The summed E-state index contributed by atoms with van der Waals surface area (Å²) in [5.41, 5.74) is 0.574. The van der Waals surface area contributed by atoms with E-state index in [1.165, 1.54) is 12.1 Å². The molecule has 1 N–H and O–H groups in total. The summed E-state index contributed by atoms with van der Waals surface area (Å²) in [5.74, 6) is -1.15. The van der Waals surface area contributed by atoms with Crippen LogP contribution < -0.4 is 5.32 Å². The average molecular weight is 273 g/mol. The van der Waals surface area contributed by atoms with Gasteiger partial charge in [-0.05, 0) is 37.1 Å². The van der Waals surface area contributed by atoms with Crippen molar-refractivity contribution in [3.8, 4) is 0 Å². The van der Waals surface area contributed by atoms with Crippen LogP contribution in [0, 0.1) is 11.6 Å². The van der Waals surface area contributed by atoms with Crippen molar-refractivity contribution in [1.82, 2.24) is 5.32 Å². The minimum absolute atomic E-state index is 0.156. The molecule has 1 rings (SSSR count). The lowest BCUT2D eigenvalue weighted by molar-refractivity contribution is -0.122. The summed E-state index contributed by atoms with van der Waals surface area (Å²) in [6, 6.07) is 3.36. The second-order valence-electron chi connectivity index (χ2n) is 4.38. The van der Waals surface area contributed by atoms with Crippen molar-refractivity contribution in [2.45, 2.75) is 32.1 Å². The molecule has 108 valence electrons. The third-order valence-corrected chi connectivity index (χ3v) is 2.83. The van der Waals surface area contributed by atoms with Gasteiger partial charge >= 0.3 is 0 Å². The van der Waals surface area contributed by atoms with Crippen molar-refractivity contribution in [1.29, 1.82) is 0 Å². The van der Waals surface area contributed by atoms with Gasteiger partial charge in [-0.1, -0.05) is 6.92 Å². The molecule has 0 saturated heterocycles. The van der Waals surface area contributed by atoms with Gasteiger partial charge in [0.05, 0.1) is 6.04 Å². The highest BCUT2D eigenvalue weighted by Gasteiger charge is 2.21. The van der Waals surface area contributed by atoms with Gasteiger partial charge in [0.1, 0.15) is 11.6 Å². The van der Waals surface area contributed by atoms with E-state index in [4.69, 9.17) is 9.47 Å². The molecule has 0 heterocycles. The second kappa shape index (κ2) is 8.19. The number of nitrogens with one attached hydrogen (secondary N) is 1. The molecule has 3 nitrogen and oxygen atoms in total. The maximum atomic E-state index is 13.2. The molecule has 0 aliphatic heterocycles. The van der Waals surface area contributed by atoms with Crippen LogP contribution in [0.4, 0.5) is 8.78 Å². The normalized spacial score (nSPS) is 12.9. The monoisotopic (exact) mass is 273 g/mol. The van der Waals surface area contributed by atoms with Gasteiger partial charge in [0.25, 0.3) is 0 Å². The highest BCUT2D eigenvalue weighted by molar-refractivity contribution is 5.19. The molecule has 1 aromatic carbocycles. The maximum Gasteiger partial charge on any atom is 0.172 e. The van der Waals surface area contributed by atoms with E-state index in [9.17, 15) is 8.78 Å². The van der Waals surface area contributed by atoms with Crippen molar-refractivity contribution >= 4 is 0 Å². The Balaban J connectivity index is 2.80. The lowest BCUT2D eigenvalue weighted by Crippen LogP contribution is -2.44. The first kappa shape index (κ1) is 16.0. The number of halogens is 2. The Hall–Kier alpha value is -1.04. The predicted octanol–water partition coefficient (Wildman–Crippen LogP) is 2.49. The van der Waals surface area contributed by atoms with Gasteiger partial charge in [-0.3, -0.25) is 0 Å². The SMILES string of the molecule is CCCNC(Cc1cc(F)cc(F)c1)C(OC)OC. The highest BCUT2D eigenvalue weighted by atomic mass is 19.1. The fourth-order valence-electron chi connectivity index (χ4n) is 2.00. The van der Waals surface area contributed by atoms with Gasteiger partial charge < -0.3 is 14.8 Å². The first-order valence-corrected chi connectivity index (χ1v) is 6.34. The Morgan fingerprint density at radius 2 is 1.68 bits per heavy atom. The molecular weight excluding hydrogens is 252 g/mol. The number of rotatable bonds is 8. The molecule has 5 heteroatoms. The van der Waals surface area contributed by atoms with E-state index < -0.39 is 17.9 Å². The lowest BCUT2D eigenvalue weighted by Gasteiger charge is -2.26. The molecule has 1 unspecified atom stereocenters. The Morgan fingerprint density at radius 1 is 1.11 bits per heavy atom. The summed E-state index contributed by atoms with van der Waals surface area (Å²) in [5, 5.41) is 3.26. The van der Waals surface area contributed by atoms with Crippen LogP contribution in [0.5, 0.6) is 0 Å². The van der Waals surface area contributed by atoms with Gasteiger partial charge in [-0.15, -0.1) is 0 Å². The van der Waals surface area contributed by atoms with Crippen molar-refractivity contribution in [2.24, 2.45) is 0 Å². The quantitative estimate of drug-likeness (QED) is 0.738. The van der Waals surface area contributed by atoms with Crippen molar-refractivity contribution in [3.63, 3.8) is 0 Å². The Kier molecular flexibility index (Phi) is 6.91. The molecular formula is C14H21F2NO2. The minimum atomic E-state index is -0.573. The summed E-state index contributed by atoms with van der Waals surface area (Å²) in [4.78, 5) is 0. The Labute approximate surface area is 112 Å². The molecule has 1 aromatic rings. The third kappa shape index (κ3) is 5.22. The van der Waals surface area contributed by atoms with E-state index in [1.54, 1.807) is 14.2 Å². The highest BCUT2D eigenvalue weighted by Crippen LogP contribution is 2.13. The van der Waals surface area contributed by atoms with Gasteiger partial charge in [-0.25, -0.2) is 8.78 Å². The molecule has 0 radical (unpaired) electrons. The zero-order valence-corrected chi connectivity index (χ0v) is 11.6. The number of hydrogen-bond donors (Lipinski definition) is 1. The number of methoxy groups -OCH3 is 2. The third-order valence-electron chi connectivity index (χ3n) is 2.83. The van der Waals surface area contributed by atoms with E-state index in [-0.39, 0.29) is 6.04 Å². The Bertz CT molecular complexity index is 363. The van der Waals surface area contributed by atoms with E-state index in [2.05, 4.69) is 5.32 Å². The molecule has 1 atom stereocenters. The summed E-state index contributed by atoms with van der Waals surface area (Å²) < 4.78 is 36.8. The van der Waals surface area contributed by atoms with Gasteiger partial charge in [0.2, 0.25) is 0 Å². The summed E-state index contributed by atoms with van der Waals surface area (Å²) >= 11 is 0. The zero-order chi connectivity index (χ0) is 14.3. The van der Waals surface area contributed by atoms with E-state index >= 15 is 0 Å². The summed E-state index contributed by atoms with van der Waals surface area (Å²) in [6.07, 6.45) is 0.924. The summed E-state index contributed by atoms with van der Waals surface area (Å²) in [7, 11) is 3.09. The van der Waals surface area contributed by atoms with E-state index in [0.717, 1.165) is 19.0 Å². The van der Waals surface area contributed by atoms with Crippen molar-refractivity contribution in [2.75, 3.05) is 20.8 Å². The Morgan fingerprint density at radius 3 is 2.16 bits per heavy atom. The van der Waals surface area contributed by atoms with Crippen molar-refractivity contribution < 1.29 is 18.3 Å². The standard InChI is InChI=1S/C14H21F2NO2/c1-4-5-17-13(14(18-2)19-3)8-10-6-11(15)9-12(16)7-10/h6-7,9,13-14,17H,4-5,8H2,1-3H3. The van der Waals surface area contributed by atoms with Crippen LogP contribution in [0.2, 0.25) is 0 Å².